The van der Waals surface area contributed by atoms with Crippen molar-refractivity contribution < 1.29 is 36.2 Å². The number of alkyl halides is 3. The number of sulfone groups is 1. The Balaban J connectivity index is 1.46. The molecule has 4 rings (SSSR count). The summed E-state index contributed by atoms with van der Waals surface area (Å²) in [7, 11) is -3.32. The summed E-state index contributed by atoms with van der Waals surface area (Å²) in [5.74, 6) is 5.34. The van der Waals surface area contributed by atoms with E-state index in [-0.39, 0.29) is 48.9 Å². The van der Waals surface area contributed by atoms with E-state index in [4.69, 9.17) is 9.84 Å². The highest BCUT2D eigenvalue weighted by Crippen LogP contribution is 2.31. The summed E-state index contributed by atoms with van der Waals surface area (Å²) in [4.78, 5) is 14.0. The lowest BCUT2D eigenvalue weighted by atomic mass is 10.0. The predicted octanol–water partition coefficient (Wildman–Crippen LogP) is 3.48. The van der Waals surface area contributed by atoms with Crippen LogP contribution in [0.1, 0.15) is 18.5 Å². The molecule has 0 amide bonds. The maximum Gasteiger partial charge on any atom is 0.406 e. The van der Waals surface area contributed by atoms with E-state index in [1.54, 1.807) is 30.3 Å². The number of benzene rings is 2. The zero-order valence-electron chi connectivity index (χ0n) is 23.1. The van der Waals surface area contributed by atoms with Crippen LogP contribution in [0.5, 0.6) is 0 Å². The van der Waals surface area contributed by atoms with Gasteiger partial charge in [-0.25, -0.2) is 8.42 Å². The lowest BCUT2D eigenvalue weighted by molar-refractivity contribution is -0.146. The largest absolute Gasteiger partial charge is 0.462 e. The molecule has 2 aromatic carbocycles. The standard InChI is InChI=1S/C29H33F3N4O5S/c1-42(39,40)24-9-7-21(8-10-24)33-13-3-4-23-18-25-26(5-2-6-27(25)36(23)20-29(30,31)32)34-22-11-14-35(15-12-22)19-28(38)41-17-16-37/h2,5-10,18,22,33-34,37H,11-17,19-20H2,1H3. The van der Waals surface area contributed by atoms with Crippen LogP contribution < -0.4 is 10.6 Å². The highest BCUT2D eigenvalue weighted by Gasteiger charge is 2.30. The van der Waals surface area contributed by atoms with Gasteiger partial charge in [-0.2, -0.15) is 13.2 Å². The van der Waals surface area contributed by atoms with E-state index in [0.717, 1.165) is 23.7 Å². The first-order chi connectivity index (χ1) is 19.9. The first-order valence-corrected chi connectivity index (χ1v) is 15.3. The van der Waals surface area contributed by atoms with Gasteiger partial charge in [-0.3, -0.25) is 9.69 Å². The number of rotatable bonds is 10. The molecule has 1 aliphatic rings. The Kier molecular flexibility index (Phi) is 10.0. The molecular weight excluding hydrogens is 573 g/mol. The predicted molar refractivity (Wildman–Crippen MR) is 154 cm³/mol. The van der Waals surface area contributed by atoms with Crippen molar-refractivity contribution in [3.05, 3.63) is 54.2 Å². The van der Waals surface area contributed by atoms with Crippen LogP contribution in [0.3, 0.4) is 0 Å². The van der Waals surface area contributed by atoms with Gasteiger partial charge in [-0.05, 0) is 61.2 Å². The van der Waals surface area contributed by atoms with Crippen molar-refractivity contribution in [3.8, 4) is 11.8 Å². The second-order valence-corrected chi connectivity index (χ2v) is 12.1. The van der Waals surface area contributed by atoms with E-state index in [1.807, 2.05) is 11.0 Å². The molecule has 13 heteroatoms. The summed E-state index contributed by atoms with van der Waals surface area (Å²) < 4.78 is 69.9. The van der Waals surface area contributed by atoms with Crippen LogP contribution in [-0.2, 0) is 25.9 Å². The van der Waals surface area contributed by atoms with Crippen LogP contribution in [0.25, 0.3) is 10.9 Å². The Morgan fingerprint density at radius 1 is 1.14 bits per heavy atom. The quantitative estimate of drug-likeness (QED) is 0.238. The number of nitrogens with zero attached hydrogens (tertiary/aromatic N) is 2. The first kappa shape index (κ1) is 31.2. The molecule has 42 heavy (non-hydrogen) atoms. The van der Waals surface area contributed by atoms with Crippen molar-refractivity contribution >= 4 is 38.1 Å². The van der Waals surface area contributed by atoms with E-state index < -0.39 is 22.6 Å². The average Bonchev–Trinajstić information content (AvgIpc) is 3.27. The number of halogens is 3. The van der Waals surface area contributed by atoms with Crippen molar-refractivity contribution in [1.82, 2.24) is 9.47 Å². The number of aliphatic hydroxyl groups excluding tert-OH is 1. The van der Waals surface area contributed by atoms with Crippen LogP contribution in [0, 0.1) is 11.8 Å². The van der Waals surface area contributed by atoms with Crippen molar-refractivity contribution in [2.75, 3.05) is 56.3 Å². The van der Waals surface area contributed by atoms with Crippen LogP contribution in [-0.4, -0.2) is 86.8 Å². The maximum atomic E-state index is 13.5. The summed E-state index contributed by atoms with van der Waals surface area (Å²) in [6.07, 6.45) is -1.86. The fraction of sp³-hybridized carbons (Fsp3) is 0.414. The number of nitrogens with one attached hydrogen (secondary N) is 2. The highest BCUT2D eigenvalue weighted by atomic mass is 32.2. The van der Waals surface area contributed by atoms with Gasteiger partial charge in [0.05, 0.1) is 35.8 Å². The molecule has 0 spiro atoms. The number of carbonyl (C=O) groups excluding carboxylic acids is 1. The van der Waals surface area contributed by atoms with Crippen LogP contribution in [0.2, 0.25) is 0 Å². The number of anilines is 2. The molecule has 0 atom stereocenters. The molecule has 1 fully saturated rings. The van der Waals surface area contributed by atoms with Crippen molar-refractivity contribution in [2.45, 2.75) is 36.5 Å². The number of fused-ring (bicyclic) bond motifs is 1. The Labute approximate surface area is 242 Å². The van der Waals surface area contributed by atoms with Gasteiger partial charge in [0.2, 0.25) is 0 Å². The van der Waals surface area contributed by atoms with Crippen molar-refractivity contribution in [3.63, 3.8) is 0 Å². The molecule has 226 valence electrons. The Hall–Kier alpha value is -3.73. The molecule has 1 saturated heterocycles. The molecule has 9 nitrogen and oxygen atoms in total. The number of piperidine rings is 1. The van der Waals surface area contributed by atoms with E-state index in [1.165, 1.54) is 12.1 Å². The average molecular weight is 607 g/mol. The molecule has 1 aliphatic heterocycles. The van der Waals surface area contributed by atoms with Gasteiger partial charge < -0.3 is 25.0 Å². The van der Waals surface area contributed by atoms with E-state index in [2.05, 4.69) is 22.5 Å². The summed E-state index contributed by atoms with van der Waals surface area (Å²) in [6, 6.07) is 13.0. The molecule has 0 unspecified atom stereocenters. The third kappa shape index (κ3) is 8.64. The van der Waals surface area contributed by atoms with Crippen LogP contribution in [0.4, 0.5) is 24.5 Å². The summed E-state index contributed by atoms with van der Waals surface area (Å²) in [5, 5.41) is 15.9. The third-order valence-electron chi connectivity index (χ3n) is 6.82. The Morgan fingerprint density at radius 3 is 2.50 bits per heavy atom. The number of esters is 1. The zero-order valence-corrected chi connectivity index (χ0v) is 23.9. The summed E-state index contributed by atoms with van der Waals surface area (Å²) in [6.45, 7) is 0.152. The van der Waals surface area contributed by atoms with Gasteiger partial charge in [0.1, 0.15) is 13.2 Å². The summed E-state index contributed by atoms with van der Waals surface area (Å²) >= 11 is 0. The van der Waals surface area contributed by atoms with Gasteiger partial charge in [0.25, 0.3) is 0 Å². The molecule has 0 aliphatic carbocycles. The topological polar surface area (TPSA) is 113 Å². The van der Waals surface area contributed by atoms with E-state index in [0.29, 0.717) is 35.4 Å². The van der Waals surface area contributed by atoms with Gasteiger partial charge in [0.15, 0.2) is 9.84 Å². The van der Waals surface area contributed by atoms with E-state index >= 15 is 0 Å². The SMILES string of the molecule is CS(=O)(=O)c1ccc(NCC#Cc2cc3c(NC4CCN(CC(=O)OCCO)CC4)cccc3n2CC(F)(F)F)cc1. The maximum absolute atomic E-state index is 13.5. The lowest BCUT2D eigenvalue weighted by Crippen LogP contribution is -2.42. The fourth-order valence-corrected chi connectivity index (χ4v) is 5.44. The molecule has 2 heterocycles. The molecule has 3 N–H and O–H groups in total. The minimum Gasteiger partial charge on any atom is -0.462 e. The van der Waals surface area contributed by atoms with E-state index in [9.17, 15) is 26.4 Å². The third-order valence-corrected chi connectivity index (χ3v) is 7.95. The number of ether oxygens (including phenoxy) is 1. The zero-order chi connectivity index (χ0) is 30.3. The van der Waals surface area contributed by atoms with Gasteiger partial charge >= 0.3 is 12.1 Å². The van der Waals surface area contributed by atoms with Gasteiger partial charge in [-0.15, -0.1) is 0 Å². The molecule has 0 radical (unpaired) electrons. The minimum absolute atomic E-state index is 0.0290. The number of hydrogen-bond acceptors (Lipinski definition) is 8. The Bertz CT molecular complexity index is 1550. The lowest BCUT2D eigenvalue weighted by Gasteiger charge is -2.32. The monoisotopic (exact) mass is 606 g/mol. The van der Waals surface area contributed by atoms with Gasteiger partial charge in [0, 0.05) is 42.1 Å². The number of aromatic nitrogens is 1. The van der Waals surface area contributed by atoms with Gasteiger partial charge in [-0.1, -0.05) is 12.0 Å². The Morgan fingerprint density at radius 2 is 1.86 bits per heavy atom. The van der Waals surface area contributed by atoms with Crippen molar-refractivity contribution in [1.29, 1.82) is 0 Å². The molecule has 1 aromatic heterocycles. The highest BCUT2D eigenvalue weighted by molar-refractivity contribution is 7.90. The van der Waals surface area contributed by atoms with Crippen molar-refractivity contribution in [2.24, 2.45) is 0 Å². The molecule has 0 saturated carbocycles. The van der Waals surface area contributed by atoms with Crippen LogP contribution in [0.15, 0.2) is 53.4 Å². The second kappa shape index (κ2) is 13.5. The number of aliphatic hydroxyl groups is 1. The number of likely N-dealkylation sites (tertiary alicyclic amines) is 1. The second-order valence-electron chi connectivity index (χ2n) is 10.1. The summed E-state index contributed by atoms with van der Waals surface area (Å²) in [5.41, 5.74) is 1.98. The first-order valence-electron chi connectivity index (χ1n) is 13.4. The number of hydrogen-bond donors (Lipinski definition) is 3. The molecule has 0 bridgehead atoms. The fourth-order valence-electron chi connectivity index (χ4n) is 4.81. The van der Waals surface area contributed by atoms with Crippen LogP contribution >= 0.6 is 0 Å². The molecular formula is C29H33F3N4O5S. The molecule has 3 aromatic rings. The minimum atomic E-state index is -4.45. The number of carbonyl (C=O) groups is 1. The normalized spacial score (nSPS) is 14.8. The smallest absolute Gasteiger partial charge is 0.406 e.